The van der Waals surface area contributed by atoms with Gasteiger partial charge in [-0.1, -0.05) is 13.8 Å². The van der Waals surface area contributed by atoms with E-state index in [0.717, 1.165) is 31.3 Å². The summed E-state index contributed by atoms with van der Waals surface area (Å²) in [6.45, 7) is 13.7. The van der Waals surface area contributed by atoms with Crippen molar-refractivity contribution in [1.82, 2.24) is 9.80 Å². The van der Waals surface area contributed by atoms with Gasteiger partial charge in [0.1, 0.15) is 0 Å². The maximum Gasteiger partial charge on any atom is 0.222 e. The molecule has 2 aliphatic heterocycles. The first-order chi connectivity index (χ1) is 10.4. The van der Waals surface area contributed by atoms with Crippen LogP contribution in [0, 0.1) is 23.2 Å². The van der Waals surface area contributed by atoms with Crippen LogP contribution in [0.5, 0.6) is 0 Å². The number of likely N-dealkylation sites (tertiary alicyclic amines) is 2. The number of hydrogen-bond donors (Lipinski definition) is 0. The molecule has 3 heteroatoms. The van der Waals surface area contributed by atoms with Crippen molar-refractivity contribution in [2.75, 3.05) is 26.2 Å². The lowest BCUT2D eigenvalue weighted by molar-refractivity contribution is -0.158. The molecule has 3 fully saturated rings. The third kappa shape index (κ3) is 3.20. The molecule has 0 aromatic rings. The Morgan fingerprint density at radius 2 is 1.68 bits per heavy atom. The van der Waals surface area contributed by atoms with E-state index in [4.69, 9.17) is 0 Å². The summed E-state index contributed by atoms with van der Waals surface area (Å²) in [5.41, 5.74) is 0.533. The number of amides is 1. The second-order valence-corrected chi connectivity index (χ2v) is 8.94. The van der Waals surface area contributed by atoms with E-state index in [1.165, 1.54) is 38.8 Å². The average molecular weight is 306 g/mol. The highest BCUT2D eigenvalue weighted by molar-refractivity contribution is 5.77. The van der Waals surface area contributed by atoms with Crippen LogP contribution in [0.15, 0.2) is 0 Å². The van der Waals surface area contributed by atoms with E-state index >= 15 is 0 Å². The van der Waals surface area contributed by atoms with Crippen LogP contribution in [0.25, 0.3) is 0 Å². The number of rotatable bonds is 4. The molecule has 126 valence electrons. The first-order valence-electron chi connectivity index (χ1n) is 9.40. The maximum absolute atomic E-state index is 12.5. The number of carbonyl (C=O) groups excluding carboxylic acids is 1. The van der Waals surface area contributed by atoms with Crippen LogP contribution in [0.1, 0.15) is 59.8 Å². The van der Waals surface area contributed by atoms with E-state index in [1.807, 2.05) is 0 Å². The summed E-state index contributed by atoms with van der Waals surface area (Å²) >= 11 is 0. The molecular formula is C19H34N2O. The van der Waals surface area contributed by atoms with Gasteiger partial charge in [-0.2, -0.15) is 0 Å². The molecule has 1 saturated carbocycles. The van der Waals surface area contributed by atoms with Gasteiger partial charge in [0.2, 0.25) is 5.91 Å². The third-order valence-corrected chi connectivity index (χ3v) is 6.58. The van der Waals surface area contributed by atoms with Crippen molar-refractivity contribution < 1.29 is 4.79 Å². The number of piperidine rings is 1. The Morgan fingerprint density at radius 1 is 1.09 bits per heavy atom. The van der Waals surface area contributed by atoms with Gasteiger partial charge in [-0.15, -0.1) is 0 Å². The van der Waals surface area contributed by atoms with Crippen LogP contribution in [0.2, 0.25) is 0 Å². The zero-order valence-corrected chi connectivity index (χ0v) is 15.0. The first kappa shape index (κ1) is 16.3. The molecule has 0 aromatic heterocycles. The fourth-order valence-electron chi connectivity index (χ4n) is 4.77. The van der Waals surface area contributed by atoms with Crippen LogP contribution in [-0.4, -0.2) is 47.9 Å². The summed E-state index contributed by atoms with van der Waals surface area (Å²) in [6, 6.07) is 0.652. The minimum absolute atomic E-state index is 0.432. The van der Waals surface area contributed by atoms with Crippen LogP contribution < -0.4 is 0 Å². The van der Waals surface area contributed by atoms with Crippen molar-refractivity contribution in [3.8, 4) is 0 Å². The van der Waals surface area contributed by atoms with Crippen molar-refractivity contribution in [1.29, 1.82) is 0 Å². The predicted octanol–water partition coefficient (Wildman–Crippen LogP) is 3.39. The van der Waals surface area contributed by atoms with E-state index in [1.54, 1.807) is 0 Å². The second-order valence-electron chi connectivity index (χ2n) is 8.94. The van der Waals surface area contributed by atoms with Gasteiger partial charge in [0, 0.05) is 31.0 Å². The van der Waals surface area contributed by atoms with Gasteiger partial charge in [-0.3, -0.25) is 4.79 Å². The van der Waals surface area contributed by atoms with Gasteiger partial charge >= 0.3 is 0 Å². The molecule has 0 atom stereocenters. The van der Waals surface area contributed by atoms with Gasteiger partial charge in [-0.25, -0.2) is 0 Å². The molecule has 0 bridgehead atoms. The molecule has 0 aromatic carbocycles. The fraction of sp³-hybridized carbons (Fsp3) is 0.947. The van der Waals surface area contributed by atoms with Gasteiger partial charge in [0.05, 0.1) is 0 Å². The summed E-state index contributed by atoms with van der Waals surface area (Å²) < 4.78 is 0. The zero-order valence-electron chi connectivity index (χ0n) is 15.0. The summed E-state index contributed by atoms with van der Waals surface area (Å²) in [5.74, 6) is 2.80. The Morgan fingerprint density at radius 3 is 2.18 bits per heavy atom. The smallest absolute Gasteiger partial charge is 0.222 e. The molecule has 0 N–H and O–H groups in total. The monoisotopic (exact) mass is 306 g/mol. The highest BCUT2D eigenvalue weighted by atomic mass is 16.2. The van der Waals surface area contributed by atoms with Crippen LogP contribution in [-0.2, 0) is 4.79 Å². The van der Waals surface area contributed by atoms with E-state index in [2.05, 4.69) is 37.5 Å². The normalized spacial score (nSPS) is 26.5. The summed E-state index contributed by atoms with van der Waals surface area (Å²) in [7, 11) is 0. The third-order valence-electron chi connectivity index (χ3n) is 6.58. The van der Waals surface area contributed by atoms with Crippen LogP contribution in [0.4, 0.5) is 0 Å². The molecule has 3 rings (SSSR count). The minimum atomic E-state index is 0.432. The molecular weight excluding hydrogens is 272 g/mol. The Labute approximate surface area is 136 Å². The lowest BCUT2D eigenvalue weighted by Crippen LogP contribution is -2.64. The molecule has 1 aliphatic carbocycles. The molecule has 0 unspecified atom stereocenters. The topological polar surface area (TPSA) is 23.6 Å². The maximum atomic E-state index is 12.5. The lowest BCUT2D eigenvalue weighted by atomic mass is 9.55. The Balaban J connectivity index is 1.37. The number of hydrogen-bond acceptors (Lipinski definition) is 2. The highest BCUT2D eigenvalue weighted by Crippen LogP contribution is 2.54. The Bertz CT molecular complexity index is 396. The molecule has 0 radical (unpaired) electrons. The standard InChI is InChI=1S/C19H34N2O/c1-14(2)17-10-19(11-17)12-21(13-19)18(22)9-16-5-7-20(8-6-16)15(3)4/h14-17H,5-13H2,1-4H3. The minimum Gasteiger partial charge on any atom is -0.341 e. The quantitative estimate of drug-likeness (QED) is 0.795. The SMILES string of the molecule is CC(C)C1CC2(C1)CN(C(=O)CC1CCN(C(C)C)CC1)C2. The number of nitrogens with zero attached hydrogens (tertiary/aromatic N) is 2. The van der Waals surface area contributed by atoms with Gasteiger partial charge in [0.15, 0.2) is 0 Å². The Hall–Kier alpha value is -0.570. The molecule has 1 spiro atoms. The van der Waals surface area contributed by atoms with E-state index in [0.29, 0.717) is 23.3 Å². The molecule has 1 amide bonds. The van der Waals surface area contributed by atoms with Crippen molar-refractivity contribution >= 4 is 5.91 Å². The molecule has 3 nitrogen and oxygen atoms in total. The summed E-state index contributed by atoms with van der Waals surface area (Å²) in [6.07, 6.45) is 5.94. The van der Waals surface area contributed by atoms with Crippen molar-refractivity contribution in [3.63, 3.8) is 0 Å². The van der Waals surface area contributed by atoms with Crippen molar-refractivity contribution in [2.24, 2.45) is 23.2 Å². The Kier molecular flexibility index (Phi) is 4.55. The fourth-order valence-corrected chi connectivity index (χ4v) is 4.77. The van der Waals surface area contributed by atoms with Crippen molar-refractivity contribution in [2.45, 2.75) is 65.8 Å². The van der Waals surface area contributed by atoms with E-state index in [9.17, 15) is 4.79 Å². The second kappa shape index (κ2) is 6.14. The van der Waals surface area contributed by atoms with Gasteiger partial charge < -0.3 is 9.80 Å². The summed E-state index contributed by atoms with van der Waals surface area (Å²) in [5, 5.41) is 0. The first-order valence-corrected chi connectivity index (χ1v) is 9.40. The van der Waals surface area contributed by atoms with Gasteiger partial charge in [-0.05, 0) is 70.4 Å². The van der Waals surface area contributed by atoms with E-state index in [-0.39, 0.29) is 0 Å². The summed E-state index contributed by atoms with van der Waals surface area (Å²) in [4.78, 5) is 17.2. The van der Waals surface area contributed by atoms with E-state index < -0.39 is 0 Å². The largest absolute Gasteiger partial charge is 0.341 e. The van der Waals surface area contributed by atoms with Gasteiger partial charge in [0.25, 0.3) is 0 Å². The zero-order chi connectivity index (χ0) is 15.9. The predicted molar refractivity (Wildman–Crippen MR) is 90.6 cm³/mol. The lowest BCUT2D eigenvalue weighted by Gasteiger charge is -2.60. The van der Waals surface area contributed by atoms with Crippen LogP contribution in [0.3, 0.4) is 0 Å². The molecule has 3 aliphatic rings. The molecule has 2 saturated heterocycles. The highest BCUT2D eigenvalue weighted by Gasteiger charge is 2.53. The average Bonchev–Trinajstić information content (AvgIpc) is 2.35. The van der Waals surface area contributed by atoms with Crippen LogP contribution >= 0.6 is 0 Å². The molecule has 22 heavy (non-hydrogen) atoms. The van der Waals surface area contributed by atoms with Crippen molar-refractivity contribution in [3.05, 3.63) is 0 Å². The number of carbonyl (C=O) groups is 1. The molecule has 2 heterocycles.